The fraction of sp³-hybridized carbons (Fsp3) is 0.294. The lowest BCUT2D eigenvalue weighted by Crippen LogP contribution is -2.55. The van der Waals surface area contributed by atoms with Gasteiger partial charge in [0, 0.05) is 12.1 Å². The van der Waals surface area contributed by atoms with E-state index >= 15 is 0 Å². The molecule has 0 radical (unpaired) electrons. The van der Waals surface area contributed by atoms with Crippen molar-refractivity contribution in [1.82, 2.24) is 4.31 Å². The third-order valence-corrected chi connectivity index (χ3v) is 6.04. The Balaban J connectivity index is 1.44. The van der Waals surface area contributed by atoms with Crippen LogP contribution in [0.5, 0.6) is 23.0 Å². The number of rotatable bonds is 5. The van der Waals surface area contributed by atoms with E-state index < -0.39 is 15.8 Å². The van der Waals surface area contributed by atoms with Crippen molar-refractivity contribution in [3.63, 3.8) is 0 Å². The van der Waals surface area contributed by atoms with Gasteiger partial charge in [-0.2, -0.15) is 4.31 Å². The summed E-state index contributed by atoms with van der Waals surface area (Å²) in [4.78, 5) is 0.138. The molecule has 26 heavy (non-hydrogen) atoms. The molecule has 0 aliphatic carbocycles. The summed E-state index contributed by atoms with van der Waals surface area (Å²) in [5, 5.41) is 0. The summed E-state index contributed by atoms with van der Waals surface area (Å²) in [7, 11) is -2.23. The van der Waals surface area contributed by atoms with Crippen molar-refractivity contribution in [1.29, 1.82) is 0 Å². The van der Waals surface area contributed by atoms with Crippen LogP contribution in [0.15, 0.2) is 41.3 Å². The fourth-order valence-electron chi connectivity index (χ4n) is 2.78. The third-order valence-electron chi connectivity index (χ3n) is 4.22. The van der Waals surface area contributed by atoms with E-state index in [9.17, 15) is 12.8 Å². The quantitative estimate of drug-likeness (QED) is 0.789. The van der Waals surface area contributed by atoms with Gasteiger partial charge in [-0.1, -0.05) is 0 Å². The summed E-state index contributed by atoms with van der Waals surface area (Å²) in [6.45, 7) is 0.465. The minimum Gasteiger partial charge on any atom is -0.493 e. The molecule has 0 unspecified atom stereocenters. The van der Waals surface area contributed by atoms with E-state index in [0.717, 1.165) is 0 Å². The van der Waals surface area contributed by atoms with Crippen molar-refractivity contribution >= 4 is 10.0 Å². The highest BCUT2D eigenvalue weighted by Gasteiger charge is 2.39. The summed E-state index contributed by atoms with van der Waals surface area (Å²) in [5.74, 6) is 1.14. The first-order chi connectivity index (χ1) is 12.5. The van der Waals surface area contributed by atoms with E-state index in [4.69, 9.17) is 18.9 Å². The predicted molar refractivity (Wildman–Crippen MR) is 88.7 cm³/mol. The maximum absolute atomic E-state index is 13.2. The van der Waals surface area contributed by atoms with Crippen molar-refractivity contribution in [2.75, 3.05) is 27.0 Å². The zero-order valence-corrected chi connectivity index (χ0v) is 14.7. The molecule has 2 aromatic carbocycles. The number of halogens is 1. The number of methoxy groups -OCH3 is 1. The maximum atomic E-state index is 13.2. The van der Waals surface area contributed by atoms with Crippen LogP contribution >= 0.6 is 0 Å². The van der Waals surface area contributed by atoms with Crippen LogP contribution < -0.4 is 18.9 Å². The maximum Gasteiger partial charge on any atom is 0.243 e. The molecule has 2 aliphatic rings. The number of fused-ring (bicyclic) bond motifs is 1. The van der Waals surface area contributed by atoms with Gasteiger partial charge in [0.1, 0.15) is 11.9 Å². The molecule has 0 aromatic heterocycles. The fourth-order valence-corrected chi connectivity index (χ4v) is 4.30. The van der Waals surface area contributed by atoms with Crippen LogP contribution in [0, 0.1) is 5.82 Å². The second-order valence-electron chi connectivity index (χ2n) is 5.87. The van der Waals surface area contributed by atoms with E-state index in [-0.39, 0.29) is 36.6 Å². The Bertz CT molecular complexity index is 942. The number of benzene rings is 2. The van der Waals surface area contributed by atoms with Gasteiger partial charge in [0.05, 0.1) is 25.1 Å². The van der Waals surface area contributed by atoms with E-state index in [1.54, 1.807) is 6.07 Å². The molecule has 9 heteroatoms. The minimum absolute atomic E-state index is 0.0813. The molecule has 0 atom stereocenters. The Labute approximate surface area is 149 Å². The molecule has 7 nitrogen and oxygen atoms in total. The summed E-state index contributed by atoms with van der Waals surface area (Å²) < 4.78 is 61.1. The molecule has 1 saturated heterocycles. The lowest BCUT2D eigenvalue weighted by Gasteiger charge is -2.38. The van der Waals surface area contributed by atoms with Gasteiger partial charge in [-0.3, -0.25) is 0 Å². The molecule has 0 N–H and O–H groups in total. The summed E-state index contributed by atoms with van der Waals surface area (Å²) >= 11 is 0. The zero-order valence-electron chi connectivity index (χ0n) is 13.8. The summed E-state index contributed by atoms with van der Waals surface area (Å²) in [6, 6.07) is 8.46. The first-order valence-corrected chi connectivity index (χ1v) is 9.31. The Morgan fingerprint density at radius 1 is 1.08 bits per heavy atom. The number of sulfonamides is 1. The average Bonchev–Trinajstić information content (AvgIpc) is 3.06. The first kappa shape index (κ1) is 16.9. The van der Waals surface area contributed by atoms with Crippen molar-refractivity contribution in [3.05, 3.63) is 42.2 Å². The lowest BCUT2D eigenvalue weighted by atomic mass is 10.2. The molecule has 1 fully saturated rings. The number of nitrogens with zero attached hydrogens (tertiary/aromatic N) is 1. The SMILES string of the molecule is COc1cc(F)ccc1OC1CN(S(=O)(=O)c2ccc3c(c2)OCO3)C1. The topological polar surface area (TPSA) is 74.3 Å². The molecule has 0 spiro atoms. The van der Waals surface area contributed by atoms with Gasteiger partial charge in [0.15, 0.2) is 23.0 Å². The molecule has 0 bridgehead atoms. The van der Waals surface area contributed by atoms with Crippen LogP contribution in [-0.4, -0.2) is 45.8 Å². The first-order valence-electron chi connectivity index (χ1n) is 7.87. The molecular formula is C17H16FNO6S. The van der Waals surface area contributed by atoms with Crippen LogP contribution in [0.1, 0.15) is 0 Å². The van der Waals surface area contributed by atoms with Crippen molar-refractivity contribution in [2.24, 2.45) is 0 Å². The Kier molecular flexibility index (Phi) is 4.12. The van der Waals surface area contributed by atoms with Crippen molar-refractivity contribution in [3.8, 4) is 23.0 Å². The largest absolute Gasteiger partial charge is 0.493 e. The van der Waals surface area contributed by atoms with Crippen LogP contribution in [-0.2, 0) is 10.0 Å². The minimum atomic E-state index is -3.64. The monoisotopic (exact) mass is 381 g/mol. The van der Waals surface area contributed by atoms with Crippen molar-refractivity contribution < 1.29 is 31.8 Å². The molecule has 2 heterocycles. The highest BCUT2D eigenvalue weighted by molar-refractivity contribution is 7.89. The zero-order chi connectivity index (χ0) is 18.3. The van der Waals surface area contributed by atoms with Gasteiger partial charge in [0.2, 0.25) is 16.8 Å². The van der Waals surface area contributed by atoms with Gasteiger partial charge < -0.3 is 18.9 Å². The van der Waals surface area contributed by atoms with Crippen LogP contribution in [0.4, 0.5) is 4.39 Å². The lowest BCUT2D eigenvalue weighted by molar-refractivity contribution is 0.0734. The third kappa shape index (κ3) is 2.93. The van der Waals surface area contributed by atoms with Gasteiger partial charge in [-0.05, 0) is 24.3 Å². The highest BCUT2D eigenvalue weighted by Crippen LogP contribution is 2.36. The van der Waals surface area contributed by atoms with E-state index in [1.165, 1.54) is 41.7 Å². The van der Waals surface area contributed by atoms with Gasteiger partial charge in [-0.25, -0.2) is 12.8 Å². The van der Waals surface area contributed by atoms with Gasteiger partial charge in [-0.15, -0.1) is 0 Å². The average molecular weight is 381 g/mol. The summed E-state index contributed by atoms with van der Waals surface area (Å²) in [6.07, 6.45) is -0.335. The van der Waals surface area contributed by atoms with Gasteiger partial charge in [0.25, 0.3) is 0 Å². The molecule has 2 aromatic rings. The smallest absolute Gasteiger partial charge is 0.243 e. The Hall–Kier alpha value is -2.52. The predicted octanol–water partition coefficient (Wildman–Crippen LogP) is 2.01. The van der Waals surface area contributed by atoms with Gasteiger partial charge >= 0.3 is 0 Å². The normalized spacial score (nSPS) is 17.0. The second-order valence-corrected chi connectivity index (χ2v) is 7.81. The molecule has 0 saturated carbocycles. The Morgan fingerprint density at radius 2 is 1.85 bits per heavy atom. The molecule has 0 amide bonds. The highest BCUT2D eigenvalue weighted by atomic mass is 32.2. The van der Waals surface area contributed by atoms with E-state index in [0.29, 0.717) is 17.2 Å². The van der Waals surface area contributed by atoms with Crippen LogP contribution in [0.25, 0.3) is 0 Å². The number of ether oxygens (including phenoxy) is 4. The van der Waals surface area contributed by atoms with E-state index in [1.807, 2.05) is 0 Å². The van der Waals surface area contributed by atoms with Crippen LogP contribution in [0.3, 0.4) is 0 Å². The second kappa shape index (κ2) is 6.33. The van der Waals surface area contributed by atoms with Crippen molar-refractivity contribution in [2.45, 2.75) is 11.0 Å². The summed E-state index contributed by atoms with van der Waals surface area (Å²) in [5.41, 5.74) is 0. The molecule has 138 valence electrons. The molecule has 2 aliphatic heterocycles. The Morgan fingerprint density at radius 3 is 2.62 bits per heavy atom. The number of hydrogen-bond acceptors (Lipinski definition) is 6. The molecule has 4 rings (SSSR count). The van der Waals surface area contributed by atoms with E-state index in [2.05, 4.69) is 0 Å². The van der Waals surface area contributed by atoms with Crippen LogP contribution in [0.2, 0.25) is 0 Å². The number of hydrogen-bond donors (Lipinski definition) is 0. The molecular weight excluding hydrogens is 365 g/mol. The standard InChI is InChI=1S/C17H16FNO6S/c1-22-16-6-11(18)2-4-15(16)25-12-8-19(9-12)26(20,21)13-3-5-14-17(7-13)24-10-23-14/h2-7,12H,8-10H2,1H3.